The monoisotopic (exact) mass is 538 g/mol. The average Bonchev–Trinajstić information content (AvgIpc) is 3.22. The number of benzene rings is 2. The standard InChI is InChI=1S/C22H17F3N4O5S2/c1-11(16-10-36-19(18(16)30)12-3-5-13(6-4-12)22(23,24)25)27-28-21(35)26-14-7-8-15(20(31)34-2)17(9-14)29(32)33/h3-10,30H,1-2H3,(H2,26,28,35). The third-order valence-electron chi connectivity index (χ3n) is 4.81. The molecule has 3 N–H and O–H groups in total. The largest absolute Gasteiger partial charge is 0.506 e. The van der Waals surface area contributed by atoms with Gasteiger partial charge in [-0.1, -0.05) is 12.1 Å². The molecule has 0 radical (unpaired) electrons. The number of aromatic hydroxyl groups is 1. The Hall–Kier alpha value is -4.04. The molecule has 0 aliphatic heterocycles. The molecule has 36 heavy (non-hydrogen) atoms. The number of alkyl halides is 3. The van der Waals surface area contributed by atoms with Gasteiger partial charge in [0.2, 0.25) is 0 Å². The summed E-state index contributed by atoms with van der Waals surface area (Å²) < 4.78 is 42.9. The number of ether oxygens (including phenoxy) is 1. The van der Waals surface area contributed by atoms with Gasteiger partial charge in [-0.05, 0) is 49.0 Å². The van der Waals surface area contributed by atoms with E-state index in [1.165, 1.54) is 24.3 Å². The number of methoxy groups -OCH3 is 1. The Morgan fingerprint density at radius 2 is 1.86 bits per heavy atom. The van der Waals surface area contributed by atoms with Crippen LogP contribution in [-0.2, 0) is 10.9 Å². The third kappa shape index (κ3) is 5.95. The molecule has 0 spiro atoms. The minimum Gasteiger partial charge on any atom is -0.506 e. The number of hydrogen-bond acceptors (Lipinski definition) is 8. The SMILES string of the molecule is COC(=O)c1ccc(NC(=S)NN=C(C)c2csc(-c3ccc(C(F)(F)F)cc3)c2O)cc1[N+](=O)[O-]. The number of rotatable bonds is 6. The van der Waals surface area contributed by atoms with Crippen LogP contribution in [0.5, 0.6) is 5.75 Å². The average molecular weight is 539 g/mol. The molecule has 0 aliphatic carbocycles. The number of thiocarbonyl (C=S) groups is 1. The zero-order valence-corrected chi connectivity index (χ0v) is 20.2. The number of nitrogens with one attached hydrogen (secondary N) is 2. The maximum absolute atomic E-state index is 12.8. The van der Waals surface area contributed by atoms with Crippen LogP contribution >= 0.6 is 23.6 Å². The number of nitrogens with zero attached hydrogens (tertiary/aromatic N) is 2. The second-order valence-electron chi connectivity index (χ2n) is 7.15. The van der Waals surface area contributed by atoms with Crippen molar-refractivity contribution in [2.75, 3.05) is 12.4 Å². The zero-order chi connectivity index (χ0) is 26.6. The first-order chi connectivity index (χ1) is 16.9. The van der Waals surface area contributed by atoms with Crippen molar-refractivity contribution in [3.05, 3.63) is 74.6 Å². The molecule has 9 nitrogen and oxygen atoms in total. The molecule has 3 rings (SSSR count). The van der Waals surface area contributed by atoms with Gasteiger partial charge in [-0.15, -0.1) is 11.3 Å². The van der Waals surface area contributed by atoms with Gasteiger partial charge in [0, 0.05) is 17.1 Å². The van der Waals surface area contributed by atoms with Crippen LogP contribution in [0.2, 0.25) is 0 Å². The van der Waals surface area contributed by atoms with Crippen molar-refractivity contribution >= 4 is 51.7 Å². The van der Waals surface area contributed by atoms with E-state index in [0.29, 0.717) is 21.7 Å². The number of hydrogen-bond donors (Lipinski definition) is 3. The lowest BCUT2D eigenvalue weighted by molar-refractivity contribution is -0.385. The maximum atomic E-state index is 12.8. The van der Waals surface area contributed by atoms with E-state index in [9.17, 15) is 33.2 Å². The van der Waals surface area contributed by atoms with Gasteiger partial charge >= 0.3 is 12.1 Å². The molecule has 0 aliphatic rings. The number of halogens is 3. The topological polar surface area (TPSA) is 126 Å². The highest BCUT2D eigenvalue weighted by molar-refractivity contribution is 7.80. The lowest BCUT2D eigenvalue weighted by Crippen LogP contribution is -2.25. The van der Waals surface area contributed by atoms with Crippen molar-refractivity contribution in [3.8, 4) is 16.2 Å². The highest BCUT2D eigenvalue weighted by Gasteiger charge is 2.30. The molecular formula is C22H17F3N4O5S2. The van der Waals surface area contributed by atoms with Crippen molar-refractivity contribution < 1.29 is 32.7 Å². The summed E-state index contributed by atoms with van der Waals surface area (Å²) >= 11 is 6.26. The lowest BCUT2D eigenvalue weighted by atomic mass is 10.1. The van der Waals surface area contributed by atoms with Crippen LogP contribution in [-0.4, -0.2) is 33.9 Å². The van der Waals surface area contributed by atoms with E-state index in [1.54, 1.807) is 12.3 Å². The molecule has 3 aromatic rings. The molecule has 0 amide bonds. The Bertz CT molecular complexity index is 1350. The Kier molecular flexibility index (Phi) is 7.90. The summed E-state index contributed by atoms with van der Waals surface area (Å²) in [5, 5.41) is 30.2. The molecule has 2 aromatic carbocycles. The van der Waals surface area contributed by atoms with Gasteiger partial charge in [0.25, 0.3) is 5.69 Å². The highest BCUT2D eigenvalue weighted by atomic mass is 32.1. The third-order valence-corrected chi connectivity index (χ3v) is 6.02. The number of carbonyl (C=O) groups excluding carboxylic acids is 1. The van der Waals surface area contributed by atoms with Crippen LogP contribution in [0.4, 0.5) is 24.5 Å². The maximum Gasteiger partial charge on any atom is 0.416 e. The van der Waals surface area contributed by atoms with E-state index in [4.69, 9.17) is 12.2 Å². The van der Waals surface area contributed by atoms with Crippen LogP contribution in [0.25, 0.3) is 10.4 Å². The highest BCUT2D eigenvalue weighted by Crippen LogP contribution is 2.40. The molecule has 1 aromatic heterocycles. The number of hydrazone groups is 1. The quantitative estimate of drug-likeness (QED) is 0.123. The molecule has 1 heterocycles. The van der Waals surface area contributed by atoms with Gasteiger partial charge in [-0.2, -0.15) is 18.3 Å². The normalized spacial score (nSPS) is 11.6. The predicted molar refractivity (Wildman–Crippen MR) is 132 cm³/mol. The summed E-state index contributed by atoms with van der Waals surface area (Å²) in [5.41, 5.74) is 2.32. The fourth-order valence-corrected chi connectivity index (χ4v) is 4.20. The summed E-state index contributed by atoms with van der Waals surface area (Å²) in [6.07, 6.45) is -4.46. The van der Waals surface area contributed by atoms with Gasteiger partial charge in [-0.3, -0.25) is 15.5 Å². The Morgan fingerprint density at radius 1 is 1.19 bits per heavy atom. The number of thiophene rings is 1. The fraction of sp³-hybridized carbons (Fsp3) is 0.136. The van der Waals surface area contributed by atoms with E-state index in [2.05, 4.69) is 20.6 Å². The Balaban J connectivity index is 1.72. The summed E-state index contributed by atoms with van der Waals surface area (Å²) in [7, 11) is 1.11. The number of esters is 1. The second-order valence-corrected chi connectivity index (χ2v) is 8.43. The first kappa shape index (κ1) is 26.6. The van der Waals surface area contributed by atoms with E-state index in [1.807, 2.05) is 0 Å². The van der Waals surface area contributed by atoms with Gasteiger partial charge < -0.3 is 15.2 Å². The van der Waals surface area contributed by atoms with Crippen molar-refractivity contribution in [1.82, 2.24) is 5.43 Å². The number of nitro groups is 1. The molecule has 0 saturated carbocycles. The van der Waals surface area contributed by atoms with Crippen LogP contribution < -0.4 is 10.7 Å². The minimum atomic E-state index is -4.46. The number of nitro benzene ring substituents is 1. The van der Waals surface area contributed by atoms with Crippen molar-refractivity contribution in [1.29, 1.82) is 0 Å². The molecule has 0 fully saturated rings. The Morgan fingerprint density at radius 3 is 2.44 bits per heavy atom. The molecule has 188 valence electrons. The second kappa shape index (κ2) is 10.7. The smallest absolute Gasteiger partial charge is 0.416 e. The van der Waals surface area contributed by atoms with Crippen LogP contribution in [0.3, 0.4) is 0 Å². The number of carbonyl (C=O) groups is 1. The Labute approximate surface area is 211 Å². The summed E-state index contributed by atoms with van der Waals surface area (Å²) in [6.45, 7) is 1.57. The van der Waals surface area contributed by atoms with E-state index < -0.39 is 28.3 Å². The fourth-order valence-electron chi connectivity index (χ4n) is 3.02. The number of anilines is 1. The summed E-state index contributed by atoms with van der Waals surface area (Å²) in [6, 6.07) is 8.13. The molecule has 0 saturated heterocycles. The molecule has 0 bridgehead atoms. The van der Waals surface area contributed by atoms with Crippen molar-refractivity contribution in [2.24, 2.45) is 5.10 Å². The van der Waals surface area contributed by atoms with Crippen molar-refractivity contribution in [2.45, 2.75) is 13.1 Å². The molecule has 14 heteroatoms. The first-order valence-electron chi connectivity index (χ1n) is 9.89. The van der Waals surface area contributed by atoms with E-state index >= 15 is 0 Å². The summed E-state index contributed by atoms with van der Waals surface area (Å²) in [5.74, 6) is -1.02. The van der Waals surface area contributed by atoms with Crippen LogP contribution in [0, 0.1) is 10.1 Å². The predicted octanol–water partition coefficient (Wildman–Crippen LogP) is 5.54. The van der Waals surface area contributed by atoms with Crippen LogP contribution in [0.1, 0.15) is 28.4 Å². The first-order valence-corrected chi connectivity index (χ1v) is 11.2. The zero-order valence-electron chi connectivity index (χ0n) is 18.5. The lowest BCUT2D eigenvalue weighted by Gasteiger charge is -2.09. The summed E-state index contributed by atoms with van der Waals surface area (Å²) in [4.78, 5) is 22.6. The van der Waals surface area contributed by atoms with Gasteiger partial charge in [0.05, 0.1) is 33.7 Å². The van der Waals surface area contributed by atoms with Crippen molar-refractivity contribution in [3.63, 3.8) is 0 Å². The minimum absolute atomic E-state index is 0.0350. The van der Waals surface area contributed by atoms with Gasteiger partial charge in [0.15, 0.2) is 5.11 Å². The van der Waals surface area contributed by atoms with Gasteiger partial charge in [-0.25, -0.2) is 4.79 Å². The molecule has 0 unspecified atom stereocenters. The van der Waals surface area contributed by atoms with Gasteiger partial charge in [0.1, 0.15) is 11.3 Å². The molecular weight excluding hydrogens is 521 g/mol. The van der Waals surface area contributed by atoms with Crippen LogP contribution in [0.15, 0.2) is 52.9 Å². The van der Waals surface area contributed by atoms with E-state index in [-0.39, 0.29) is 22.1 Å². The van der Waals surface area contributed by atoms with E-state index in [0.717, 1.165) is 36.6 Å². The molecule has 0 atom stereocenters.